The van der Waals surface area contributed by atoms with Gasteiger partial charge in [0.15, 0.2) is 0 Å². The number of carbonyl (C=O) groups excluding carboxylic acids is 1. The number of aryl methyl sites for hydroxylation is 1. The molecule has 0 bridgehead atoms. The first-order valence-electron chi connectivity index (χ1n) is 7.69. The summed E-state index contributed by atoms with van der Waals surface area (Å²) in [6.07, 6.45) is 5.17. The van der Waals surface area contributed by atoms with Crippen LogP contribution in [0.2, 0.25) is 0 Å². The lowest BCUT2D eigenvalue weighted by atomic mass is 10.0. The lowest BCUT2D eigenvalue weighted by molar-refractivity contribution is 0.0301. The van der Waals surface area contributed by atoms with Crippen molar-refractivity contribution in [3.8, 4) is 0 Å². The van der Waals surface area contributed by atoms with E-state index in [0.29, 0.717) is 31.9 Å². The molecule has 2 aliphatic heterocycles. The summed E-state index contributed by atoms with van der Waals surface area (Å²) in [6, 6.07) is 0.227. The summed E-state index contributed by atoms with van der Waals surface area (Å²) >= 11 is 0. The van der Waals surface area contributed by atoms with E-state index in [4.69, 9.17) is 4.74 Å². The van der Waals surface area contributed by atoms with Gasteiger partial charge in [0.1, 0.15) is 5.82 Å². The molecule has 1 N–H and O–H groups in total. The van der Waals surface area contributed by atoms with Gasteiger partial charge in [-0.2, -0.15) is 0 Å². The van der Waals surface area contributed by atoms with Crippen LogP contribution in [0.15, 0.2) is 6.20 Å². The SMILES string of the molecule is Cc1nc([C@H]2CCCCN2)ncc1C(=O)N1CCOCC1. The molecule has 114 valence electrons. The first-order chi connectivity index (χ1) is 10.3. The predicted octanol–water partition coefficient (Wildman–Crippen LogP) is 1.07. The monoisotopic (exact) mass is 290 g/mol. The number of carbonyl (C=O) groups is 1. The Bertz CT molecular complexity index is 508. The van der Waals surface area contributed by atoms with Crippen LogP contribution in [0.25, 0.3) is 0 Å². The van der Waals surface area contributed by atoms with Gasteiger partial charge in [-0.3, -0.25) is 4.79 Å². The van der Waals surface area contributed by atoms with Crippen molar-refractivity contribution in [3.63, 3.8) is 0 Å². The molecule has 1 aromatic heterocycles. The molecule has 2 saturated heterocycles. The van der Waals surface area contributed by atoms with Gasteiger partial charge in [-0.15, -0.1) is 0 Å². The summed E-state index contributed by atoms with van der Waals surface area (Å²) in [5.41, 5.74) is 1.38. The van der Waals surface area contributed by atoms with Crippen LogP contribution in [0.3, 0.4) is 0 Å². The highest BCUT2D eigenvalue weighted by Gasteiger charge is 2.23. The Hall–Kier alpha value is -1.53. The fourth-order valence-corrected chi connectivity index (χ4v) is 2.87. The van der Waals surface area contributed by atoms with Gasteiger partial charge in [0.05, 0.1) is 30.5 Å². The van der Waals surface area contributed by atoms with Crippen LogP contribution in [0.4, 0.5) is 0 Å². The number of nitrogens with zero attached hydrogens (tertiary/aromatic N) is 3. The fraction of sp³-hybridized carbons (Fsp3) is 0.667. The molecular weight excluding hydrogens is 268 g/mol. The lowest BCUT2D eigenvalue weighted by Crippen LogP contribution is -2.41. The smallest absolute Gasteiger partial charge is 0.257 e. The van der Waals surface area contributed by atoms with E-state index in [9.17, 15) is 4.79 Å². The van der Waals surface area contributed by atoms with E-state index < -0.39 is 0 Å². The third kappa shape index (κ3) is 3.22. The summed E-state index contributed by atoms with van der Waals surface area (Å²) < 4.78 is 5.28. The topological polar surface area (TPSA) is 67.4 Å². The van der Waals surface area contributed by atoms with Crippen LogP contribution < -0.4 is 5.32 Å². The molecule has 0 unspecified atom stereocenters. The first-order valence-corrected chi connectivity index (χ1v) is 7.69. The molecule has 2 aliphatic rings. The summed E-state index contributed by atoms with van der Waals surface area (Å²) in [4.78, 5) is 23.3. The molecular formula is C15H22N4O2. The Morgan fingerprint density at radius 3 is 2.86 bits per heavy atom. The minimum absolute atomic E-state index is 0.0129. The van der Waals surface area contributed by atoms with E-state index in [1.165, 1.54) is 12.8 Å². The molecule has 21 heavy (non-hydrogen) atoms. The van der Waals surface area contributed by atoms with Gasteiger partial charge in [-0.25, -0.2) is 9.97 Å². The van der Waals surface area contributed by atoms with Crippen molar-refractivity contribution in [2.45, 2.75) is 32.2 Å². The summed E-state index contributed by atoms with van der Waals surface area (Å²) in [5.74, 6) is 0.824. The Labute approximate surface area is 124 Å². The Morgan fingerprint density at radius 2 is 2.19 bits per heavy atom. The van der Waals surface area contributed by atoms with E-state index in [1.807, 2.05) is 11.8 Å². The zero-order valence-corrected chi connectivity index (χ0v) is 12.5. The molecule has 6 heteroatoms. The van der Waals surface area contributed by atoms with Gasteiger partial charge < -0.3 is 15.0 Å². The first kappa shape index (κ1) is 14.4. The van der Waals surface area contributed by atoms with E-state index in [-0.39, 0.29) is 11.9 Å². The average molecular weight is 290 g/mol. The highest BCUT2D eigenvalue weighted by atomic mass is 16.5. The van der Waals surface area contributed by atoms with E-state index >= 15 is 0 Å². The third-order valence-corrected chi connectivity index (χ3v) is 4.15. The standard InChI is InChI=1S/C15H22N4O2/c1-11-12(15(20)19-6-8-21-9-7-19)10-17-14(18-11)13-4-2-3-5-16-13/h10,13,16H,2-9H2,1H3/t13-/m1/s1. The molecule has 0 aromatic carbocycles. The Balaban J connectivity index is 1.75. The molecule has 3 heterocycles. The number of hydrogen-bond donors (Lipinski definition) is 1. The second-order valence-corrected chi connectivity index (χ2v) is 5.63. The van der Waals surface area contributed by atoms with Crippen LogP contribution in [-0.2, 0) is 4.74 Å². The average Bonchev–Trinajstić information content (AvgIpc) is 2.56. The van der Waals surface area contributed by atoms with E-state index in [0.717, 1.165) is 24.5 Å². The number of nitrogens with one attached hydrogen (secondary N) is 1. The van der Waals surface area contributed by atoms with E-state index in [1.54, 1.807) is 6.20 Å². The van der Waals surface area contributed by atoms with Crippen LogP contribution in [0.1, 0.15) is 47.2 Å². The predicted molar refractivity (Wildman–Crippen MR) is 78.1 cm³/mol. The highest BCUT2D eigenvalue weighted by Crippen LogP contribution is 2.21. The maximum absolute atomic E-state index is 12.5. The van der Waals surface area contributed by atoms with Crippen molar-refractivity contribution in [2.75, 3.05) is 32.8 Å². The summed E-state index contributed by atoms with van der Waals surface area (Å²) in [5, 5.41) is 3.44. The van der Waals surface area contributed by atoms with Crippen molar-refractivity contribution < 1.29 is 9.53 Å². The zero-order chi connectivity index (χ0) is 14.7. The molecule has 1 aromatic rings. The largest absolute Gasteiger partial charge is 0.378 e. The minimum Gasteiger partial charge on any atom is -0.378 e. The molecule has 1 atom stereocenters. The van der Waals surface area contributed by atoms with Crippen LogP contribution in [-0.4, -0.2) is 53.6 Å². The van der Waals surface area contributed by atoms with E-state index in [2.05, 4.69) is 15.3 Å². The second-order valence-electron chi connectivity index (χ2n) is 5.63. The van der Waals surface area contributed by atoms with Gasteiger partial charge in [-0.1, -0.05) is 6.42 Å². The minimum atomic E-state index is 0.0129. The molecule has 6 nitrogen and oxygen atoms in total. The maximum atomic E-state index is 12.5. The van der Waals surface area contributed by atoms with Gasteiger partial charge in [0.2, 0.25) is 0 Å². The van der Waals surface area contributed by atoms with Crippen molar-refractivity contribution in [2.24, 2.45) is 0 Å². The van der Waals surface area contributed by atoms with Gasteiger partial charge >= 0.3 is 0 Å². The third-order valence-electron chi connectivity index (χ3n) is 4.15. The normalized spacial score (nSPS) is 23.1. The van der Waals surface area contributed by atoms with Crippen molar-refractivity contribution >= 4 is 5.91 Å². The molecule has 3 rings (SSSR count). The van der Waals surface area contributed by atoms with Crippen molar-refractivity contribution in [1.82, 2.24) is 20.2 Å². The van der Waals surface area contributed by atoms with Crippen molar-refractivity contribution in [3.05, 3.63) is 23.3 Å². The maximum Gasteiger partial charge on any atom is 0.257 e. The number of rotatable bonds is 2. The van der Waals surface area contributed by atoms with Crippen molar-refractivity contribution in [1.29, 1.82) is 0 Å². The quantitative estimate of drug-likeness (QED) is 0.882. The molecule has 0 aliphatic carbocycles. The molecule has 0 radical (unpaired) electrons. The van der Waals surface area contributed by atoms with Crippen LogP contribution >= 0.6 is 0 Å². The number of ether oxygens (including phenoxy) is 1. The fourth-order valence-electron chi connectivity index (χ4n) is 2.87. The number of aromatic nitrogens is 2. The summed E-state index contributed by atoms with van der Waals surface area (Å²) in [6.45, 7) is 5.41. The lowest BCUT2D eigenvalue weighted by Gasteiger charge is -2.27. The van der Waals surface area contributed by atoms with Gasteiger partial charge in [0, 0.05) is 19.3 Å². The van der Waals surface area contributed by atoms with Crippen LogP contribution in [0.5, 0.6) is 0 Å². The van der Waals surface area contributed by atoms with Gasteiger partial charge in [0.25, 0.3) is 5.91 Å². The molecule has 1 amide bonds. The Kier molecular flexibility index (Phi) is 4.45. The summed E-state index contributed by atoms with van der Waals surface area (Å²) in [7, 11) is 0. The number of piperidine rings is 1. The number of morpholine rings is 1. The Morgan fingerprint density at radius 1 is 1.38 bits per heavy atom. The zero-order valence-electron chi connectivity index (χ0n) is 12.5. The van der Waals surface area contributed by atoms with Gasteiger partial charge in [-0.05, 0) is 26.3 Å². The number of amides is 1. The second kappa shape index (κ2) is 6.49. The highest BCUT2D eigenvalue weighted by molar-refractivity contribution is 5.95. The molecule has 0 saturated carbocycles. The molecule has 0 spiro atoms. The van der Waals surface area contributed by atoms with Crippen LogP contribution in [0, 0.1) is 6.92 Å². The molecule has 2 fully saturated rings. The number of hydrogen-bond acceptors (Lipinski definition) is 5.